The highest BCUT2D eigenvalue weighted by Gasteiger charge is 2.44. The van der Waals surface area contributed by atoms with Gasteiger partial charge >= 0.3 is 0 Å². The standard InChI is InChI=1S/C41H50Cl3N3O5/c1-40(2,3)46-37(49)35-20-19-29-8-4-5-10-34(29)47(35)24-33-22-36(30-13-11-26(25-48)12-14-30)52-38(51-33)31-17-15-28(16-18-31)32-9-6-7-27(21-32)23-45-39(50)41(42,43)44/h6-7,9,11-18,21,29,33-36,38,48H,4-5,8,10,19-20,22-25H2,1-3H3,(H,45,50)(H,46,49)/t29-,33-,34-,35-,36+,38+/m1/s1. The molecule has 2 aliphatic heterocycles. The molecule has 3 aliphatic rings. The van der Waals surface area contributed by atoms with Crippen LogP contribution in [0.5, 0.6) is 0 Å². The summed E-state index contributed by atoms with van der Waals surface area (Å²) in [5.74, 6) is 0.0218. The lowest BCUT2D eigenvalue weighted by molar-refractivity contribution is -0.255. The number of nitrogens with one attached hydrogen (secondary N) is 2. The van der Waals surface area contributed by atoms with Crippen molar-refractivity contribution in [3.8, 4) is 11.1 Å². The predicted octanol–water partition coefficient (Wildman–Crippen LogP) is 8.32. The van der Waals surface area contributed by atoms with Crippen molar-refractivity contribution in [3.63, 3.8) is 0 Å². The first-order valence-electron chi connectivity index (χ1n) is 18.4. The van der Waals surface area contributed by atoms with Crippen molar-refractivity contribution >= 4 is 46.6 Å². The third-order valence-electron chi connectivity index (χ3n) is 10.5. The van der Waals surface area contributed by atoms with Gasteiger partial charge < -0.3 is 25.2 Å². The Morgan fingerprint density at radius 1 is 0.846 bits per heavy atom. The minimum atomic E-state index is -2.02. The second-order valence-corrected chi connectivity index (χ2v) is 17.8. The molecule has 6 atom stereocenters. The number of carbonyl (C=O) groups is 2. The van der Waals surface area contributed by atoms with Crippen molar-refractivity contribution in [3.05, 3.63) is 95.1 Å². The van der Waals surface area contributed by atoms with Gasteiger partial charge in [0.15, 0.2) is 6.29 Å². The summed E-state index contributed by atoms with van der Waals surface area (Å²) in [5.41, 5.74) is 5.30. The molecule has 11 heteroatoms. The second-order valence-electron chi connectivity index (χ2n) is 15.5. The van der Waals surface area contributed by atoms with Crippen LogP contribution < -0.4 is 10.6 Å². The number of alkyl halides is 3. The fraction of sp³-hybridized carbons (Fsp3) is 0.512. The van der Waals surface area contributed by atoms with Gasteiger partial charge in [-0.05, 0) is 86.3 Å². The van der Waals surface area contributed by atoms with E-state index in [1.54, 1.807) is 0 Å². The van der Waals surface area contributed by atoms with Crippen LogP contribution in [0.15, 0.2) is 72.8 Å². The summed E-state index contributed by atoms with van der Waals surface area (Å²) >= 11 is 17.1. The normalized spacial score (nSPS) is 25.6. The quantitative estimate of drug-likeness (QED) is 0.190. The van der Waals surface area contributed by atoms with Gasteiger partial charge in [-0.1, -0.05) is 114 Å². The lowest BCUT2D eigenvalue weighted by Gasteiger charge is -2.50. The molecular formula is C41H50Cl3N3O5. The maximum absolute atomic E-state index is 13.8. The molecule has 0 radical (unpaired) electrons. The fourth-order valence-corrected chi connectivity index (χ4v) is 8.17. The maximum atomic E-state index is 13.8. The molecule has 0 spiro atoms. The Morgan fingerprint density at radius 2 is 1.56 bits per heavy atom. The van der Waals surface area contributed by atoms with Crippen LogP contribution in [-0.4, -0.2) is 55.9 Å². The van der Waals surface area contributed by atoms with Gasteiger partial charge in [0, 0.05) is 36.7 Å². The number of rotatable bonds is 9. The topological polar surface area (TPSA) is 100 Å². The van der Waals surface area contributed by atoms with Gasteiger partial charge in [0.2, 0.25) is 5.91 Å². The summed E-state index contributed by atoms with van der Waals surface area (Å²) in [5, 5.41) is 15.6. The summed E-state index contributed by atoms with van der Waals surface area (Å²) in [6.45, 7) is 6.97. The lowest BCUT2D eigenvalue weighted by atomic mass is 9.75. The molecule has 3 aromatic rings. The van der Waals surface area contributed by atoms with E-state index in [2.05, 4.69) is 15.5 Å². The number of aliphatic hydroxyl groups is 1. The number of fused-ring (bicyclic) bond motifs is 1. The van der Waals surface area contributed by atoms with Gasteiger partial charge in [-0.15, -0.1) is 0 Å². The van der Waals surface area contributed by atoms with Crippen LogP contribution in [0.1, 0.15) is 100 Å². The molecule has 3 fully saturated rings. The van der Waals surface area contributed by atoms with Crippen LogP contribution >= 0.6 is 34.8 Å². The highest BCUT2D eigenvalue weighted by atomic mass is 35.6. The minimum Gasteiger partial charge on any atom is -0.392 e. The Balaban J connectivity index is 1.24. The first kappa shape index (κ1) is 39.0. The van der Waals surface area contributed by atoms with E-state index < -0.39 is 16.0 Å². The molecule has 6 rings (SSSR count). The number of halogens is 3. The zero-order valence-corrected chi connectivity index (χ0v) is 32.4. The van der Waals surface area contributed by atoms with Crippen molar-refractivity contribution in [1.29, 1.82) is 0 Å². The Hall–Kier alpha value is -2.69. The molecule has 2 saturated heterocycles. The first-order valence-corrected chi connectivity index (χ1v) is 19.5. The summed E-state index contributed by atoms with van der Waals surface area (Å²) in [7, 11) is 0. The van der Waals surface area contributed by atoms with E-state index in [-0.39, 0.29) is 42.8 Å². The Bertz CT molecular complexity index is 1670. The van der Waals surface area contributed by atoms with Crippen LogP contribution in [0.25, 0.3) is 11.1 Å². The number of amides is 2. The van der Waals surface area contributed by atoms with Crippen LogP contribution in [0, 0.1) is 5.92 Å². The summed E-state index contributed by atoms with van der Waals surface area (Å²) < 4.78 is 11.5. The molecule has 3 N–H and O–H groups in total. The maximum Gasteiger partial charge on any atom is 0.272 e. The van der Waals surface area contributed by atoms with Gasteiger partial charge in [0.05, 0.1) is 24.9 Å². The van der Waals surface area contributed by atoms with Gasteiger partial charge in [-0.25, -0.2) is 0 Å². The average Bonchev–Trinajstić information content (AvgIpc) is 3.13. The molecule has 1 saturated carbocycles. The molecule has 0 bridgehead atoms. The monoisotopic (exact) mass is 769 g/mol. The molecule has 280 valence electrons. The van der Waals surface area contributed by atoms with E-state index in [0.29, 0.717) is 24.9 Å². The highest BCUT2D eigenvalue weighted by Crippen LogP contribution is 2.42. The average molecular weight is 771 g/mol. The van der Waals surface area contributed by atoms with Crippen LogP contribution in [0.2, 0.25) is 0 Å². The first-order chi connectivity index (χ1) is 24.8. The van der Waals surface area contributed by atoms with Gasteiger partial charge in [0.1, 0.15) is 0 Å². The number of hydrogen-bond donors (Lipinski definition) is 3. The smallest absolute Gasteiger partial charge is 0.272 e. The molecule has 3 aromatic carbocycles. The third kappa shape index (κ3) is 9.89. The van der Waals surface area contributed by atoms with Crippen molar-refractivity contribution in [1.82, 2.24) is 15.5 Å². The number of ether oxygens (including phenoxy) is 2. The summed E-state index contributed by atoms with van der Waals surface area (Å²) in [6.07, 6.45) is 6.31. The van der Waals surface area contributed by atoms with Gasteiger partial charge in [-0.3, -0.25) is 14.5 Å². The predicted molar refractivity (Wildman–Crippen MR) is 206 cm³/mol. The van der Waals surface area contributed by atoms with E-state index >= 15 is 0 Å². The number of aliphatic hydroxyl groups excluding tert-OH is 1. The highest BCUT2D eigenvalue weighted by molar-refractivity contribution is 6.76. The Kier molecular flexibility index (Phi) is 12.6. The van der Waals surface area contributed by atoms with Gasteiger partial charge in [0.25, 0.3) is 9.70 Å². The largest absolute Gasteiger partial charge is 0.392 e. The molecule has 8 nitrogen and oxygen atoms in total. The zero-order chi connectivity index (χ0) is 37.0. The van der Waals surface area contributed by atoms with Crippen molar-refractivity contribution in [2.75, 3.05) is 6.54 Å². The SMILES string of the molecule is CC(C)(C)NC(=O)[C@H]1CC[C@H]2CCCC[C@H]2N1C[C@H]1C[C@@H](c2ccc(CO)cc2)O[C@@H](c2ccc(-c3cccc(CNC(=O)C(Cl)(Cl)Cl)c3)cc2)O1. The van der Waals surface area contributed by atoms with Crippen molar-refractivity contribution in [2.45, 2.75) is 119 Å². The summed E-state index contributed by atoms with van der Waals surface area (Å²) in [6, 6.07) is 24.1. The third-order valence-corrected chi connectivity index (χ3v) is 11.0. The van der Waals surface area contributed by atoms with E-state index in [0.717, 1.165) is 52.6 Å². The molecule has 2 amide bonds. The van der Waals surface area contributed by atoms with E-state index in [1.165, 1.54) is 19.3 Å². The number of hydrogen-bond acceptors (Lipinski definition) is 6. The lowest BCUT2D eigenvalue weighted by Crippen LogP contribution is -2.61. The molecule has 0 aromatic heterocycles. The molecule has 0 unspecified atom stereocenters. The van der Waals surface area contributed by atoms with E-state index in [1.807, 2.05) is 93.6 Å². The molecule has 1 aliphatic carbocycles. The molecular weight excluding hydrogens is 721 g/mol. The number of nitrogens with zero attached hydrogens (tertiary/aromatic N) is 1. The van der Waals surface area contributed by atoms with E-state index in [9.17, 15) is 14.7 Å². The number of likely N-dealkylation sites (tertiary alicyclic amines) is 1. The molecule has 52 heavy (non-hydrogen) atoms. The van der Waals surface area contributed by atoms with Gasteiger partial charge in [-0.2, -0.15) is 0 Å². The second kappa shape index (κ2) is 16.8. The van der Waals surface area contributed by atoms with Crippen molar-refractivity contribution < 1.29 is 24.2 Å². The number of benzene rings is 3. The van der Waals surface area contributed by atoms with E-state index in [4.69, 9.17) is 44.3 Å². The Morgan fingerprint density at radius 3 is 2.25 bits per heavy atom. The van der Waals surface area contributed by atoms with Crippen molar-refractivity contribution in [2.24, 2.45) is 5.92 Å². The van der Waals surface area contributed by atoms with Crippen LogP contribution in [0.3, 0.4) is 0 Å². The van der Waals surface area contributed by atoms with Crippen LogP contribution in [-0.2, 0) is 32.2 Å². The number of carbonyl (C=O) groups excluding carboxylic acids is 2. The fourth-order valence-electron chi connectivity index (χ4n) is 7.97. The molecule has 2 heterocycles. The van der Waals surface area contributed by atoms with Crippen LogP contribution in [0.4, 0.5) is 0 Å². The summed E-state index contributed by atoms with van der Waals surface area (Å²) in [4.78, 5) is 28.3. The number of piperidine rings is 1. The zero-order valence-electron chi connectivity index (χ0n) is 30.1. The minimum absolute atomic E-state index is 0.0193. The Labute approximate surface area is 322 Å².